The quantitative estimate of drug-likeness (QED) is 0.482. The molecule has 2 heterocycles. The molecule has 0 aliphatic heterocycles. The van der Waals surface area contributed by atoms with Crippen molar-refractivity contribution in [3.8, 4) is 0 Å². The molecule has 0 fully saturated rings. The monoisotopic (exact) mass is 405 g/mol. The normalized spacial score (nSPS) is 11.5. The molecule has 2 aromatic heterocycles. The number of carbonyl (C=O) groups excluding carboxylic acids is 1. The van der Waals surface area contributed by atoms with Gasteiger partial charge < -0.3 is 10.3 Å². The van der Waals surface area contributed by atoms with Crippen molar-refractivity contribution in [3.05, 3.63) is 82.8 Å². The van der Waals surface area contributed by atoms with E-state index in [9.17, 15) is 4.79 Å². The van der Waals surface area contributed by atoms with Gasteiger partial charge in [-0.25, -0.2) is 0 Å². The first-order valence-corrected chi connectivity index (χ1v) is 9.66. The van der Waals surface area contributed by atoms with Crippen LogP contribution in [0.2, 0.25) is 5.02 Å². The van der Waals surface area contributed by atoms with Crippen molar-refractivity contribution in [1.29, 1.82) is 0 Å². The standard InChI is InChI=1S/C22H20ClN5O/c1-2-28-14-19(21(26-28)22(24)29)25-11-16-13-27(20-6-4-3-5-18(16)20)12-15-7-9-17(23)10-8-15/h3-11,13-14H,2,12H2,1H3,(H2,24,29). The van der Waals surface area contributed by atoms with Crippen LogP contribution in [0.4, 0.5) is 5.69 Å². The predicted molar refractivity (Wildman–Crippen MR) is 116 cm³/mol. The molecular formula is C22H20ClN5O. The second kappa shape index (κ2) is 7.93. The third-order valence-electron chi connectivity index (χ3n) is 4.73. The molecule has 29 heavy (non-hydrogen) atoms. The number of rotatable bonds is 6. The number of benzene rings is 2. The molecular weight excluding hydrogens is 386 g/mol. The lowest BCUT2D eigenvalue weighted by Gasteiger charge is -2.05. The van der Waals surface area contributed by atoms with E-state index in [-0.39, 0.29) is 5.69 Å². The van der Waals surface area contributed by atoms with Crippen LogP contribution in [0.25, 0.3) is 10.9 Å². The van der Waals surface area contributed by atoms with E-state index in [2.05, 4.69) is 33.0 Å². The molecule has 0 spiro atoms. The number of hydrogen-bond acceptors (Lipinski definition) is 3. The highest BCUT2D eigenvalue weighted by Gasteiger charge is 2.13. The maximum absolute atomic E-state index is 11.7. The van der Waals surface area contributed by atoms with Crippen LogP contribution in [-0.4, -0.2) is 26.5 Å². The van der Waals surface area contributed by atoms with Crippen molar-refractivity contribution in [3.63, 3.8) is 0 Å². The van der Waals surface area contributed by atoms with Gasteiger partial charge in [-0.15, -0.1) is 0 Å². The number of nitrogens with zero attached hydrogens (tertiary/aromatic N) is 4. The highest BCUT2D eigenvalue weighted by atomic mass is 35.5. The number of aromatic nitrogens is 3. The van der Waals surface area contributed by atoms with Crippen LogP contribution >= 0.6 is 11.6 Å². The Morgan fingerprint density at radius 2 is 1.93 bits per heavy atom. The Hall–Kier alpha value is -3.38. The fourth-order valence-corrected chi connectivity index (χ4v) is 3.40. The molecule has 0 atom stereocenters. The summed E-state index contributed by atoms with van der Waals surface area (Å²) >= 11 is 6.00. The number of halogens is 1. The molecule has 7 heteroatoms. The van der Waals surface area contributed by atoms with Crippen LogP contribution in [0.5, 0.6) is 0 Å². The molecule has 0 aliphatic carbocycles. The molecule has 6 nitrogen and oxygen atoms in total. The number of nitrogens with two attached hydrogens (primary N) is 1. The zero-order valence-corrected chi connectivity index (χ0v) is 16.7. The van der Waals surface area contributed by atoms with Crippen molar-refractivity contribution in [1.82, 2.24) is 14.3 Å². The molecule has 0 unspecified atom stereocenters. The molecule has 2 aromatic carbocycles. The Bertz CT molecular complexity index is 1200. The Balaban J connectivity index is 1.71. The van der Waals surface area contributed by atoms with Crippen molar-refractivity contribution in [2.45, 2.75) is 20.0 Å². The minimum Gasteiger partial charge on any atom is -0.364 e. The lowest BCUT2D eigenvalue weighted by molar-refractivity contribution is 0.0995. The average Bonchev–Trinajstić information content (AvgIpc) is 3.30. The maximum Gasteiger partial charge on any atom is 0.271 e. The smallest absolute Gasteiger partial charge is 0.271 e. The van der Waals surface area contributed by atoms with Crippen molar-refractivity contribution >= 4 is 40.3 Å². The van der Waals surface area contributed by atoms with Gasteiger partial charge in [0, 0.05) is 47.0 Å². The summed E-state index contributed by atoms with van der Waals surface area (Å²) in [5.41, 5.74) is 9.29. The van der Waals surface area contributed by atoms with Crippen molar-refractivity contribution in [2.24, 2.45) is 10.7 Å². The number of amides is 1. The average molecular weight is 406 g/mol. The number of fused-ring (bicyclic) bond motifs is 1. The molecule has 0 saturated heterocycles. The zero-order chi connectivity index (χ0) is 20.4. The van der Waals surface area contributed by atoms with E-state index in [1.807, 2.05) is 43.3 Å². The molecule has 146 valence electrons. The van der Waals surface area contributed by atoms with Crippen molar-refractivity contribution < 1.29 is 4.79 Å². The summed E-state index contributed by atoms with van der Waals surface area (Å²) in [5.74, 6) is -0.588. The third kappa shape index (κ3) is 3.93. The van der Waals surface area contributed by atoms with Gasteiger partial charge in [0.05, 0.1) is 6.20 Å². The fraction of sp³-hybridized carbons (Fsp3) is 0.136. The van der Waals surface area contributed by atoms with Crippen LogP contribution in [0.3, 0.4) is 0 Å². The Morgan fingerprint density at radius 1 is 1.17 bits per heavy atom. The van der Waals surface area contributed by atoms with E-state index in [1.54, 1.807) is 17.1 Å². The first-order chi connectivity index (χ1) is 14.0. The molecule has 2 N–H and O–H groups in total. The van der Waals surface area contributed by atoms with Gasteiger partial charge >= 0.3 is 0 Å². The van der Waals surface area contributed by atoms with Crippen molar-refractivity contribution in [2.75, 3.05) is 0 Å². The topological polar surface area (TPSA) is 78.2 Å². The van der Waals surface area contributed by atoms with E-state index in [0.29, 0.717) is 18.8 Å². The molecule has 4 aromatic rings. The van der Waals surface area contributed by atoms with Gasteiger partial charge in [0.1, 0.15) is 5.69 Å². The highest BCUT2D eigenvalue weighted by Crippen LogP contribution is 2.23. The second-order valence-electron chi connectivity index (χ2n) is 6.70. The van der Waals surface area contributed by atoms with Gasteiger partial charge in [-0.2, -0.15) is 5.10 Å². The molecule has 1 amide bonds. The zero-order valence-electron chi connectivity index (χ0n) is 15.9. The summed E-state index contributed by atoms with van der Waals surface area (Å²) in [7, 11) is 0. The Labute approximate surface area is 173 Å². The van der Waals surface area contributed by atoms with Gasteiger partial charge in [-0.3, -0.25) is 14.5 Å². The molecule has 0 radical (unpaired) electrons. The minimum absolute atomic E-state index is 0.174. The maximum atomic E-state index is 11.7. The van der Waals surface area contributed by atoms with E-state index in [4.69, 9.17) is 17.3 Å². The van der Waals surface area contributed by atoms with Gasteiger partial charge in [0.15, 0.2) is 5.69 Å². The SMILES string of the molecule is CCn1cc(N=Cc2cn(Cc3ccc(Cl)cc3)c3ccccc23)c(C(N)=O)n1. The van der Waals surface area contributed by atoms with Gasteiger partial charge in [0.2, 0.25) is 0 Å². The molecule has 0 saturated carbocycles. The van der Waals surface area contributed by atoms with E-state index in [1.165, 1.54) is 0 Å². The Kier molecular flexibility index (Phi) is 5.18. The highest BCUT2D eigenvalue weighted by molar-refractivity contribution is 6.30. The summed E-state index contributed by atoms with van der Waals surface area (Å²) in [4.78, 5) is 16.2. The Morgan fingerprint density at radius 3 is 2.66 bits per heavy atom. The third-order valence-corrected chi connectivity index (χ3v) is 4.98. The molecule has 0 aliphatic rings. The van der Waals surface area contributed by atoms with Crippen LogP contribution in [-0.2, 0) is 13.1 Å². The first-order valence-electron chi connectivity index (χ1n) is 9.29. The summed E-state index contributed by atoms with van der Waals surface area (Å²) in [5, 5.41) is 5.98. The summed E-state index contributed by atoms with van der Waals surface area (Å²) < 4.78 is 3.82. The number of primary amides is 1. The second-order valence-corrected chi connectivity index (χ2v) is 7.13. The van der Waals surface area contributed by atoms with Crippen LogP contribution < -0.4 is 5.73 Å². The van der Waals surface area contributed by atoms with Gasteiger partial charge in [0.25, 0.3) is 5.91 Å². The van der Waals surface area contributed by atoms with E-state index < -0.39 is 5.91 Å². The predicted octanol–water partition coefficient (Wildman–Crippen LogP) is 4.41. The summed E-state index contributed by atoms with van der Waals surface area (Å²) in [6, 6.07) is 16.0. The lowest BCUT2D eigenvalue weighted by atomic mass is 10.2. The van der Waals surface area contributed by atoms with Crippen LogP contribution in [0, 0.1) is 0 Å². The number of carbonyl (C=O) groups is 1. The largest absolute Gasteiger partial charge is 0.364 e. The fourth-order valence-electron chi connectivity index (χ4n) is 3.28. The van der Waals surface area contributed by atoms with Crippen LogP contribution in [0.1, 0.15) is 28.5 Å². The van der Waals surface area contributed by atoms with E-state index in [0.717, 1.165) is 27.1 Å². The number of para-hydroxylation sites is 1. The summed E-state index contributed by atoms with van der Waals surface area (Å²) in [6.45, 7) is 3.29. The number of aliphatic imine (C=N–C) groups is 1. The minimum atomic E-state index is -0.588. The number of hydrogen-bond donors (Lipinski definition) is 1. The van der Waals surface area contributed by atoms with Gasteiger partial charge in [-0.05, 0) is 30.7 Å². The first kappa shape index (κ1) is 19.0. The van der Waals surface area contributed by atoms with E-state index >= 15 is 0 Å². The van der Waals surface area contributed by atoms with Crippen LogP contribution in [0.15, 0.2) is 65.9 Å². The summed E-state index contributed by atoms with van der Waals surface area (Å²) in [6.07, 6.45) is 5.53. The molecule has 4 rings (SSSR count). The van der Waals surface area contributed by atoms with Gasteiger partial charge in [-0.1, -0.05) is 41.9 Å². The lowest BCUT2D eigenvalue weighted by Crippen LogP contribution is -2.12. The number of aryl methyl sites for hydroxylation is 1. The molecule has 0 bridgehead atoms.